The molecule has 0 aromatic heterocycles. The minimum absolute atomic E-state index is 0.0514. The van der Waals surface area contributed by atoms with E-state index in [9.17, 15) is 13.2 Å². The molecule has 1 aliphatic rings. The van der Waals surface area contributed by atoms with Gasteiger partial charge >= 0.3 is 0 Å². The highest BCUT2D eigenvalue weighted by Gasteiger charge is 2.29. The first-order valence-electron chi connectivity index (χ1n) is 8.35. The quantitative estimate of drug-likeness (QED) is 0.399. The highest BCUT2D eigenvalue weighted by atomic mass is 35.5. The second-order valence-electron chi connectivity index (χ2n) is 6.56. The van der Waals surface area contributed by atoms with Gasteiger partial charge in [0.1, 0.15) is 4.90 Å². The lowest BCUT2D eigenvalue weighted by Crippen LogP contribution is -2.47. The van der Waals surface area contributed by atoms with Gasteiger partial charge in [0, 0.05) is 18.2 Å². The fraction of sp³-hybridized carbons (Fsp3) is 0.500. The summed E-state index contributed by atoms with van der Waals surface area (Å²) < 4.78 is 27.2. The summed E-state index contributed by atoms with van der Waals surface area (Å²) in [5.41, 5.74) is 5.19. The third-order valence-electron chi connectivity index (χ3n) is 3.68. The molecule has 10 heteroatoms. The van der Waals surface area contributed by atoms with Crippen molar-refractivity contribution < 1.29 is 13.2 Å². The van der Waals surface area contributed by atoms with Crippen molar-refractivity contribution in [2.45, 2.75) is 44.0 Å². The maximum atomic E-state index is 12.3. The first-order chi connectivity index (χ1) is 12.2. The van der Waals surface area contributed by atoms with Crippen molar-refractivity contribution in [3.8, 4) is 0 Å². The van der Waals surface area contributed by atoms with Gasteiger partial charge in [-0.2, -0.15) is 0 Å². The van der Waals surface area contributed by atoms with E-state index in [1.807, 2.05) is 0 Å². The Morgan fingerprint density at radius 2 is 2.00 bits per heavy atom. The molecule has 0 atom stereocenters. The third kappa shape index (κ3) is 6.39. The Balaban J connectivity index is 1.96. The maximum Gasteiger partial charge on any atom is 0.269 e. The molecular formula is C16H23ClN4O3S2. The lowest BCUT2D eigenvalue weighted by molar-refractivity contribution is 0.0943. The monoisotopic (exact) mass is 418 g/mol. The van der Waals surface area contributed by atoms with Gasteiger partial charge in [-0.3, -0.25) is 15.6 Å². The fourth-order valence-corrected chi connectivity index (χ4v) is 4.02. The average molecular weight is 419 g/mol. The molecule has 1 aliphatic carbocycles. The topological polar surface area (TPSA) is 99.3 Å². The summed E-state index contributed by atoms with van der Waals surface area (Å²) in [7, 11) is -3.76. The zero-order valence-electron chi connectivity index (χ0n) is 14.6. The predicted molar refractivity (Wildman–Crippen MR) is 105 cm³/mol. The number of rotatable bonds is 7. The van der Waals surface area contributed by atoms with Crippen molar-refractivity contribution in [2.75, 3.05) is 6.54 Å². The second-order valence-corrected chi connectivity index (χ2v) is 9.06. The summed E-state index contributed by atoms with van der Waals surface area (Å²) in [4.78, 5) is 12.1. The minimum atomic E-state index is -3.76. The summed E-state index contributed by atoms with van der Waals surface area (Å²) in [6.45, 7) is 4.89. The van der Waals surface area contributed by atoms with Gasteiger partial charge < -0.3 is 5.32 Å². The number of nitrogens with one attached hydrogen (secondary N) is 4. The van der Waals surface area contributed by atoms with Crippen LogP contribution in [0.15, 0.2) is 23.1 Å². The third-order valence-corrected chi connectivity index (χ3v) is 5.93. The Morgan fingerprint density at radius 1 is 1.31 bits per heavy atom. The summed E-state index contributed by atoms with van der Waals surface area (Å²) in [6.07, 6.45) is 2.56. The summed E-state index contributed by atoms with van der Waals surface area (Å²) in [5.74, 6) is 0.0242. The smallest absolute Gasteiger partial charge is 0.269 e. The zero-order chi connectivity index (χ0) is 19.3. The zero-order valence-corrected chi connectivity index (χ0v) is 17.0. The van der Waals surface area contributed by atoms with Crippen LogP contribution in [0.3, 0.4) is 0 Å². The van der Waals surface area contributed by atoms with E-state index in [4.69, 9.17) is 23.8 Å². The van der Waals surface area contributed by atoms with E-state index in [2.05, 4.69) is 34.7 Å². The van der Waals surface area contributed by atoms with E-state index in [-0.39, 0.29) is 26.6 Å². The Morgan fingerprint density at radius 3 is 2.62 bits per heavy atom. The van der Waals surface area contributed by atoms with E-state index >= 15 is 0 Å². The van der Waals surface area contributed by atoms with E-state index in [1.165, 1.54) is 18.2 Å². The molecule has 1 aromatic carbocycles. The number of benzene rings is 1. The van der Waals surface area contributed by atoms with Crippen molar-refractivity contribution in [3.63, 3.8) is 0 Å². The molecule has 0 unspecified atom stereocenters. The van der Waals surface area contributed by atoms with Gasteiger partial charge in [0.05, 0.1) is 5.02 Å². The maximum absolute atomic E-state index is 12.3. The number of thiocarbonyl (C=S) groups is 1. The molecule has 1 aromatic rings. The molecule has 144 valence electrons. The van der Waals surface area contributed by atoms with Crippen molar-refractivity contribution in [1.29, 1.82) is 0 Å². The van der Waals surface area contributed by atoms with Crippen LogP contribution in [0.2, 0.25) is 5.02 Å². The number of sulfonamides is 1. The Hall–Kier alpha value is -1.42. The number of halogens is 1. The first-order valence-corrected chi connectivity index (χ1v) is 10.6. The van der Waals surface area contributed by atoms with Gasteiger partial charge in [0.2, 0.25) is 10.0 Å². The van der Waals surface area contributed by atoms with Crippen LogP contribution >= 0.6 is 23.8 Å². The minimum Gasteiger partial charge on any atom is -0.361 e. The standard InChI is InChI=1S/C16H23ClN4O3S2/c1-10(2)7-8-18-16(25)20-19-15(22)11-3-6-13(17)14(9-11)26(23,24)21-12-4-5-12/h3,6,9-10,12,21H,4-5,7-8H2,1-2H3,(H,19,22)(H2,18,20,25). The summed E-state index contributed by atoms with van der Waals surface area (Å²) in [6, 6.07) is 4.03. The second kappa shape index (κ2) is 8.98. The van der Waals surface area contributed by atoms with E-state index in [0.717, 1.165) is 19.3 Å². The van der Waals surface area contributed by atoms with Crippen molar-refractivity contribution in [2.24, 2.45) is 5.92 Å². The molecule has 2 rings (SSSR count). The highest BCUT2D eigenvalue weighted by molar-refractivity contribution is 7.89. The van der Waals surface area contributed by atoms with Gasteiger partial charge in [-0.05, 0) is 55.6 Å². The van der Waals surface area contributed by atoms with E-state index in [0.29, 0.717) is 12.5 Å². The van der Waals surface area contributed by atoms with Gasteiger partial charge in [-0.25, -0.2) is 13.1 Å². The number of carbonyl (C=O) groups excluding carboxylic acids is 1. The molecule has 0 bridgehead atoms. The largest absolute Gasteiger partial charge is 0.361 e. The van der Waals surface area contributed by atoms with Crippen LogP contribution in [0.1, 0.15) is 43.5 Å². The van der Waals surface area contributed by atoms with Crippen molar-refractivity contribution in [3.05, 3.63) is 28.8 Å². The first kappa shape index (κ1) is 20.9. The Bertz CT molecular complexity index is 780. The molecular weight excluding hydrogens is 396 g/mol. The van der Waals surface area contributed by atoms with Crippen LogP contribution < -0.4 is 20.9 Å². The molecule has 0 radical (unpaired) electrons. The summed E-state index contributed by atoms with van der Waals surface area (Å²) >= 11 is 11.1. The molecule has 0 aliphatic heterocycles. The van der Waals surface area contributed by atoms with Gasteiger partial charge in [0.25, 0.3) is 5.91 Å². The number of hydrazine groups is 1. The van der Waals surface area contributed by atoms with Crippen LogP contribution in [-0.4, -0.2) is 32.0 Å². The predicted octanol–water partition coefficient (Wildman–Crippen LogP) is 1.94. The van der Waals surface area contributed by atoms with Crippen LogP contribution in [0.5, 0.6) is 0 Å². The fourth-order valence-electron chi connectivity index (χ4n) is 2.04. The van der Waals surface area contributed by atoms with E-state index < -0.39 is 15.9 Å². The van der Waals surface area contributed by atoms with Crippen LogP contribution in [0.4, 0.5) is 0 Å². The van der Waals surface area contributed by atoms with Gasteiger partial charge in [-0.1, -0.05) is 25.4 Å². The number of hydrogen-bond donors (Lipinski definition) is 4. The molecule has 0 saturated heterocycles. The van der Waals surface area contributed by atoms with Crippen molar-refractivity contribution in [1.82, 2.24) is 20.9 Å². The molecule has 1 saturated carbocycles. The molecule has 1 fully saturated rings. The molecule has 0 heterocycles. The Kier molecular flexibility index (Phi) is 7.22. The van der Waals surface area contributed by atoms with Crippen LogP contribution in [0, 0.1) is 5.92 Å². The highest BCUT2D eigenvalue weighted by Crippen LogP contribution is 2.26. The molecule has 4 N–H and O–H groups in total. The SMILES string of the molecule is CC(C)CCNC(=S)NNC(=O)c1ccc(Cl)c(S(=O)(=O)NC2CC2)c1. The van der Waals surface area contributed by atoms with Crippen molar-refractivity contribution >= 4 is 44.9 Å². The Labute approximate surface area is 164 Å². The lowest BCUT2D eigenvalue weighted by atomic mass is 10.1. The van der Waals surface area contributed by atoms with E-state index in [1.54, 1.807) is 0 Å². The lowest BCUT2D eigenvalue weighted by Gasteiger charge is -2.13. The van der Waals surface area contributed by atoms with Gasteiger partial charge in [-0.15, -0.1) is 0 Å². The van der Waals surface area contributed by atoms with Gasteiger partial charge in [0.15, 0.2) is 5.11 Å². The molecule has 7 nitrogen and oxygen atoms in total. The number of carbonyl (C=O) groups is 1. The summed E-state index contributed by atoms with van der Waals surface area (Å²) in [5, 5.41) is 3.32. The molecule has 1 amide bonds. The molecule has 0 spiro atoms. The molecule has 26 heavy (non-hydrogen) atoms. The normalized spacial score (nSPS) is 14.2. The van der Waals surface area contributed by atoms with Crippen LogP contribution in [-0.2, 0) is 10.0 Å². The average Bonchev–Trinajstić information content (AvgIpc) is 3.35. The number of hydrogen-bond acceptors (Lipinski definition) is 4. The van der Waals surface area contributed by atoms with Crippen LogP contribution in [0.25, 0.3) is 0 Å². The number of amides is 1.